The summed E-state index contributed by atoms with van der Waals surface area (Å²) in [6.45, 7) is 50.5. The summed E-state index contributed by atoms with van der Waals surface area (Å²) in [6.07, 6.45) is 5.45. The van der Waals surface area contributed by atoms with E-state index < -0.39 is 0 Å². The van der Waals surface area contributed by atoms with Crippen LogP contribution in [0, 0.1) is 55.4 Å². The Morgan fingerprint density at radius 2 is 0.791 bits per heavy atom. The first-order valence-electron chi connectivity index (χ1n) is 29.3. The maximum atomic E-state index is 4.96. The molecule has 0 bridgehead atoms. The number of hydrogen-bond donors (Lipinski definition) is 0. The molecule has 0 radical (unpaired) electrons. The zero-order chi connectivity index (χ0) is 62.2. The highest BCUT2D eigenvalue weighted by atomic mass is 16.5. The number of ether oxygens (including phenoxy) is 1. The maximum absolute atomic E-state index is 4.96. The largest absolute Gasteiger partial charge is 0.467 e. The Morgan fingerprint density at radius 3 is 1.15 bits per heavy atom. The van der Waals surface area contributed by atoms with Crippen LogP contribution in [0.15, 0.2) is 116 Å². The monoisotopic (exact) mass is 1180 g/mol. The first-order valence-corrected chi connectivity index (χ1v) is 29.3. The molecule has 8 rings (SSSR count). The molecule has 8 aromatic rings. The molecule has 0 unspecified atom stereocenters. The van der Waals surface area contributed by atoms with E-state index in [1.807, 2.05) is 116 Å². The highest BCUT2D eigenvalue weighted by Gasteiger charge is 2.07. The molecule has 478 valence electrons. The number of aromatic nitrogens is 11. The summed E-state index contributed by atoms with van der Waals surface area (Å²) in [5, 5.41) is 4.23. The third kappa shape index (κ3) is 36.7. The van der Waals surface area contributed by atoms with Gasteiger partial charge in [-0.2, -0.15) is 10.1 Å². The van der Waals surface area contributed by atoms with Crippen molar-refractivity contribution in [2.24, 2.45) is 7.05 Å². The molecule has 0 amide bonds. The van der Waals surface area contributed by atoms with Gasteiger partial charge in [0.2, 0.25) is 0 Å². The predicted octanol–water partition coefficient (Wildman–Crippen LogP) is 20.8. The minimum Gasteiger partial charge on any atom is -0.467 e. The van der Waals surface area contributed by atoms with Gasteiger partial charge in [0.05, 0.1) is 18.5 Å². The molecule has 0 saturated heterocycles. The van der Waals surface area contributed by atoms with Crippen molar-refractivity contribution in [1.29, 1.82) is 0 Å². The number of nitrogens with zero attached hydrogens (tertiary/aromatic N) is 11. The number of pyridine rings is 3. The second kappa shape index (κ2) is 45.3. The fraction of sp³-hybridized carbons (Fsp3) is 0.514. The van der Waals surface area contributed by atoms with E-state index in [1.165, 1.54) is 22.4 Å². The molecule has 0 N–H and O–H groups in total. The van der Waals surface area contributed by atoms with E-state index in [9.17, 15) is 0 Å². The first kappa shape index (κ1) is 85.4. The summed E-state index contributed by atoms with van der Waals surface area (Å²) in [7, 11) is 3.52. The van der Waals surface area contributed by atoms with E-state index in [-0.39, 0.29) is 29.7 Å². The van der Waals surface area contributed by atoms with Gasteiger partial charge in [-0.3, -0.25) is 19.6 Å². The SMILES string of the molecule is C.C.C.C.CC(C)c1ccccc1.CC(C)c1ccn(C)n1.COc1nc(C)cc(C(C)C)n1.Cc1cc(C(C)C)cc(C)n1.Cc1cc(C(C)C)ccn1.Cc1cc(C(C)C)nc(C)n1.Cc1cc(C(C)C)ncn1.Cc1cccc(C(C)C)n1. The van der Waals surface area contributed by atoms with Gasteiger partial charge in [-0.15, -0.1) is 0 Å². The van der Waals surface area contributed by atoms with Crippen molar-refractivity contribution < 1.29 is 4.74 Å². The van der Waals surface area contributed by atoms with E-state index in [0.29, 0.717) is 53.4 Å². The molecule has 0 fully saturated rings. The predicted molar refractivity (Wildman–Crippen MR) is 373 cm³/mol. The lowest BCUT2D eigenvalue weighted by Gasteiger charge is -2.06. The quantitative estimate of drug-likeness (QED) is 0.136. The lowest BCUT2D eigenvalue weighted by atomic mass is 10.0. The highest BCUT2D eigenvalue weighted by Crippen LogP contribution is 2.18. The minimum atomic E-state index is 0. The molecule has 7 heterocycles. The van der Waals surface area contributed by atoms with E-state index in [4.69, 9.17) is 4.74 Å². The van der Waals surface area contributed by atoms with Crippen LogP contribution in [0.4, 0.5) is 0 Å². The van der Waals surface area contributed by atoms with Crippen molar-refractivity contribution in [3.05, 3.63) is 207 Å². The van der Waals surface area contributed by atoms with Crippen molar-refractivity contribution in [1.82, 2.24) is 54.6 Å². The molecule has 12 heteroatoms. The summed E-state index contributed by atoms with van der Waals surface area (Å²) in [5.74, 6) is 5.25. The maximum Gasteiger partial charge on any atom is 0.316 e. The molecule has 0 aliphatic rings. The van der Waals surface area contributed by atoms with Crippen molar-refractivity contribution in [3.63, 3.8) is 0 Å². The Hall–Kier alpha value is -7.08. The summed E-state index contributed by atoms with van der Waals surface area (Å²) in [5.41, 5.74) is 17.3. The fourth-order valence-corrected chi connectivity index (χ4v) is 7.38. The van der Waals surface area contributed by atoms with Gasteiger partial charge < -0.3 is 4.74 Å². The van der Waals surface area contributed by atoms with Gasteiger partial charge in [0.1, 0.15) is 12.2 Å². The second-order valence-electron chi connectivity index (χ2n) is 23.2. The van der Waals surface area contributed by atoms with Gasteiger partial charge in [0, 0.05) is 76.4 Å². The Morgan fingerprint density at radius 1 is 0.337 bits per heavy atom. The van der Waals surface area contributed by atoms with E-state index in [1.54, 1.807) is 13.4 Å². The molecule has 0 saturated carbocycles. The summed E-state index contributed by atoms with van der Waals surface area (Å²) < 4.78 is 6.79. The van der Waals surface area contributed by atoms with E-state index >= 15 is 0 Å². The van der Waals surface area contributed by atoms with Gasteiger partial charge >= 0.3 is 6.01 Å². The Bertz CT molecular complexity index is 2780. The van der Waals surface area contributed by atoms with Crippen LogP contribution in [0.5, 0.6) is 6.01 Å². The zero-order valence-electron chi connectivity index (χ0n) is 55.4. The van der Waals surface area contributed by atoms with Gasteiger partial charge in [-0.1, -0.05) is 177 Å². The lowest BCUT2D eigenvalue weighted by molar-refractivity contribution is 0.376. The molecule has 86 heavy (non-hydrogen) atoms. The number of hydrogen-bond acceptors (Lipinski definition) is 11. The van der Waals surface area contributed by atoms with Crippen LogP contribution in [-0.4, -0.2) is 61.7 Å². The average Bonchev–Trinajstić information content (AvgIpc) is 3.97. The van der Waals surface area contributed by atoms with Crippen molar-refractivity contribution in [2.45, 2.75) is 243 Å². The van der Waals surface area contributed by atoms with Gasteiger partial charge in [-0.05, 0) is 180 Å². The first-order chi connectivity index (χ1) is 38.4. The Kier molecular flexibility index (Phi) is 44.9. The molecular weight excluding hydrogens is 1060 g/mol. The fourth-order valence-electron chi connectivity index (χ4n) is 7.38. The van der Waals surface area contributed by atoms with Crippen molar-refractivity contribution in [2.75, 3.05) is 7.11 Å². The minimum absolute atomic E-state index is 0. The van der Waals surface area contributed by atoms with Crippen LogP contribution in [0.2, 0.25) is 0 Å². The standard InChI is InChI=1S/C10H15N.C9H14N2O.C9H14N2.2C9H13N.C9H12.C8H12N2.C7H12N2.4CH4/c1-7(2)10-5-8(3)11-9(4)6-10;1-6(2)8-5-7(3)10-9(11-8)12-4;1-6(2)9-5-7(3)10-8(4)11-9;1-7(2)9-4-5-10-8(3)6-9;1-7(2)9-6-4-5-8(3)10-9;1-8(2)9-6-4-3-5-7-9;1-6(2)8-4-7(3)9-5-10-8;1-6(2)7-4-5-9(3)8-7;;;;/h5-7H,1-4H3;5-6H,1-4H3;5-6H,1-4H3;2*4-7H,1-3H3;3-8H,1-2H3;4-6H,1-3H3;4-6H,1-3H3;4*1H4. The molecule has 0 spiro atoms. The number of benzene rings is 1. The van der Waals surface area contributed by atoms with Gasteiger partial charge in [-0.25, -0.2) is 24.9 Å². The molecule has 12 nitrogen and oxygen atoms in total. The van der Waals surface area contributed by atoms with E-state index in [0.717, 1.165) is 68.5 Å². The summed E-state index contributed by atoms with van der Waals surface area (Å²) in [6, 6.07) is 33.7. The second-order valence-corrected chi connectivity index (χ2v) is 23.2. The Balaban J connectivity index is -0.000000444. The van der Waals surface area contributed by atoms with Crippen molar-refractivity contribution >= 4 is 0 Å². The third-order valence-corrected chi connectivity index (χ3v) is 12.3. The molecular formula is C74H121N11O. The Labute approximate surface area is 526 Å². The molecule has 0 aliphatic carbocycles. The topological polar surface area (TPSA) is 143 Å². The molecule has 0 atom stereocenters. The molecule has 0 aliphatic heterocycles. The number of methoxy groups -OCH3 is 1. The van der Waals surface area contributed by atoms with Gasteiger partial charge in [0.15, 0.2) is 0 Å². The number of rotatable bonds is 9. The summed E-state index contributed by atoms with van der Waals surface area (Å²) >= 11 is 0. The smallest absolute Gasteiger partial charge is 0.316 e. The van der Waals surface area contributed by atoms with Crippen LogP contribution in [0.3, 0.4) is 0 Å². The van der Waals surface area contributed by atoms with E-state index in [2.05, 4.69) is 221 Å². The van der Waals surface area contributed by atoms with Crippen LogP contribution in [0.1, 0.15) is 279 Å². The van der Waals surface area contributed by atoms with Crippen LogP contribution in [-0.2, 0) is 7.05 Å². The summed E-state index contributed by atoms with van der Waals surface area (Å²) in [4.78, 5) is 37.8. The highest BCUT2D eigenvalue weighted by molar-refractivity contribution is 5.23. The average molecular weight is 1180 g/mol. The van der Waals surface area contributed by atoms with Crippen LogP contribution >= 0.6 is 0 Å². The zero-order valence-corrected chi connectivity index (χ0v) is 55.4. The normalized spacial score (nSPS) is 9.98. The third-order valence-electron chi connectivity index (χ3n) is 12.3. The van der Waals surface area contributed by atoms with Crippen LogP contribution in [0.25, 0.3) is 0 Å². The van der Waals surface area contributed by atoms with Crippen LogP contribution < -0.4 is 4.74 Å². The molecule has 7 aromatic heterocycles. The number of aryl methyl sites for hydroxylation is 9. The van der Waals surface area contributed by atoms with Gasteiger partial charge in [0.25, 0.3) is 0 Å². The molecule has 1 aromatic carbocycles. The lowest BCUT2D eigenvalue weighted by Crippen LogP contribution is -1.99. The van der Waals surface area contributed by atoms with Crippen molar-refractivity contribution in [3.8, 4) is 6.01 Å².